The molecule has 0 radical (unpaired) electrons. The molecule has 0 heterocycles. The first-order chi connectivity index (χ1) is 6.64. The topological polar surface area (TPSA) is 49.7 Å². The van der Waals surface area contributed by atoms with Gasteiger partial charge in [-0.1, -0.05) is 0 Å². The Hall–Kier alpha value is -1.06. The van der Waals surface area contributed by atoms with Crippen molar-refractivity contribution >= 4 is 0 Å². The quantitative estimate of drug-likeness (QED) is 0.712. The Morgan fingerprint density at radius 2 is 1.79 bits per heavy atom. The molecule has 0 atom stereocenters. The van der Waals surface area contributed by atoms with Crippen LogP contribution in [-0.4, -0.2) is 17.3 Å². The normalized spacial score (nSPS) is 16.8. The smallest absolute Gasteiger partial charge is 0.192 e. The molecule has 14 heavy (non-hydrogen) atoms. The molecule has 3 heteroatoms. The van der Waals surface area contributed by atoms with Crippen LogP contribution in [0.25, 0.3) is 0 Å². The number of hydrogen-bond acceptors (Lipinski definition) is 3. The number of hydrogen-bond donors (Lipinski definition) is 2. The van der Waals surface area contributed by atoms with Gasteiger partial charge in [0.1, 0.15) is 5.75 Å². The molecule has 2 rings (SSSR count). The molecule has 1 aliphatic rings. The monoisotopic (exact) mass is 194 g/mol. The van der Waals surface area contributed by atoms with Crippen molar-refractivity contribution in [3.05, 3.63) is 29.8 Å². The first-order valence-electron chi connectivity index (χ1n) is 4.74. The molecule has 0 aromatic heterocycles. The van der Waals surface area contributed by atoms with Crippen LogP contribution >= 0.6 is 0 Å². The van der Waals surface area contributed by atoms with Gasteiger partial charge in [-0.3, -0.25) is 0 Å². The Kier molecular flexibility index (Phi) is 2.21. The highest BCUT2D eigenvalue weighted by atomic mass is 16.5. The van der Waals surface area contributed by atoms with E-state index in [-0.39, 0.29) is 5.92 Å². The van der Waals surface area contributed by atoms with E-state index >= 15 is 0 Å². The number of rotatable bonds is 3. The van der Waals surface area contributed by atoms with Crippen LogP contribution < -0.4 is 4.74 Å². The van der Waals surface area contributed by atoms with E-state index in [2.05, 4.69) is 0 Å². The summed E-state index contributed by atoms with van der Waals surface area (Å²) in [5.74, 6) is -0.942. The van der Waals surface area contributed by atoms with E-state index in [1.807, 2.05) is 0 Å². The van der Waals surface area contributed by atoms with Crippen LogP contribution in [0.3, 0.4) is 0 Å². The predicted octanol–water partition coefficient (Wildman–Crippen LogP) is 1.24. The summed E-state index contributed by atoms with van der Waals surface area (Å²) < 4.78 is 4.99. The fourth-order valence-electron chi connectivity index (χ4n) is 1.56. The van der Waals surface area contributed by atoms with E-state index in [4.69, 9.17) is 4.74 Å². The number of aliphatic hydroxyl groups is 2. The summed E-state index contributed by atoms with van der Waals surface area (Å²) in [7, 11) is 1.58. The van der Waals surface area contributed by atoms with Crippen LogP contribution in [0.15, 0.2) is 24.3 Å². The summed E-state index contributed by atoms with van der Waals surface area (Å²) in [5.41, 5.74) is 0.542. The lowest BCUT2D eigenvalue weighted by molar-refractivity contribution is -0.186. The lowest BCUT2D eigenvalue weighted by atomic mass is 10.0. The molecule has 0 aliphatic heterocycles. The third-order valence-corrected chi connectivity index (χ3v) is 2.66. The standard InChI is InChI=1S/C11H14O3/c1-14-10-6-4-9(5-7-10)11(12,13)8-2-3-8/h4-8,12-13H,2-3H2,1H3. The molecule has 0 unspecified atom stereocenters. The highest BCUT2D eigenvalue weighted by molar-refractivity contribution is 5.30. The summed E-state index contributed by atoms with van der Waals surface area (Å²) in [6, 6.07) is 6.85. The van der Waals surface area contributed by atoms with Gasteiger partial charge in [-0.05, 0) is 37.1 Å². The van der Waals surface area contributed by atoms with Crippen molar-refractivity contribution in [1.82, 2.24) is 0 Å². The Bertz CT molecular complexity index is 312. The lowest BCUT2D eigenvalue weighted by Crippen LogP contribution is -2.27. The van der Waals surface area contributed by atoms with Gasteiger partial charge in [0.05, 0.1) is 7.11 Å². The summed E-state index contributed by atoms with van der Waals surface area (Å²) in [6.45, 7) is 0. The van der Waals surface area contributed by atoms with Crippen molar-refractivity contribution in [1.29, 1.82) is 0 Å². The molecular weight excluding hydrogens is 180 g/mol. The second-order valence-corrected chi connectivity index (χ2v) is 3.73. The molecule has 0 spiro atoms. The van der Waals surface area contributed by atoms with Crippen LogP contribution in [0.4, 0.5) is 0 Å². The molecule has 0 bridgehead atoms. The highest BCUT2D eigenvalue weighted by Crippen LogP contribution is 2.44. The molecule has 1 aromatic carbocycles. The van der Waals surface area contributed by atoms with E-state index in [1.165, 1.54) is 0 Å². The highest BCUT2D eigenvalue weighted by Gasteiger charge is 2.43. The van der Waals surface area contributed by atoms with Crippen molar-refractivity contribution in [2.24, 2.45) is 5.92 Å². The summed E-state index contributed by atoms with van der Waals surface area (Å²) in [6.07, 6.45) is 1.78. The number of benzene rings is 1. The average molecular weight is 194 g/mol. The number of methoxy groups -OCH3 is 1. The van der Waals surface area contributed by atoms with E-state index in [9.17, 15) is 10.2 Å². The van der Waals surface area contributed by atoms with Crippen LogP contribution in [0.2, 0.25) is 0 Å². The third-order valence-electron chi connectivity index (χ3n) is 2.66. The molecule has 1 aromatic rings. The van der Waals surface area contributed by atoms with E-state index in [1.54, 1.807) is 31.4 Å². The lowest BCUT2D eigenvalue weighted by Gasteiger charge is -2.21. The average Bonchev–Trinajstić information content (AvgIpc) is 3.01. The number of ether oxygens (including phenoxy) is 1. The van der Waals surface area contributed by atoms with Gasteiger partial charge in [0.25, 0.3) is 0 Å². The van der Waals surface area contributed by atoms with Gasteiger partial charge in [0.2, 0.25) is 0 Å². The van der Waals surface area contributed by atoms with Crippen LogP contribution in [-0.2, 0) is 5.79 Å². The van der Waals surface area contributed by atoms with Gasteiger partial charge in [-0.2, -0.15) is 0 Å². The maximum absolute atomic E-state index is 9.80. The molecule has 0 saturated heterocycles. The second kappa shape index (κ2) is 3.26. The SMILES string of the molecule is COc1ccc(C(O)(O)C2CC2)cc1. The fraction of sp³-hybridized carbons (Fsp3) is 0.455. The largest absolute Gasteiger partial charge is 0.497 e. The van der Waals surface area contributed by atoms with Crippen molar-refractivity contribution in [2.75, 3.05) is 7.11 Å². The minimum absolute atomic E-state index is 0.00380. The maximum Gasteiger partial charge on any atom is 0.192 e. The minimum Gasteiger partial charge on any atom is -0.497 e. The molecular formula is C11H14O3. The van der Waals surface area contributed by atoms with Crippen LogP contribution in [0.1, 0.15) is 18.4 Å². The summed E-state index contributed by atoms with van der Waals surface area (Å²) >= 11 is 0. The van der Waals surface area contributed by atoms with E-state index < -0.39 is 5.79 Å². The zero-order valence-corrected chi connectivity index (χ0v) is 8.10. The molecule has 1 aliphatic carbocycles. The van der Waals surface area contributed by atoms with Crippen molar-refractivity contribution in [3.63, 3.8) is 0 Å². The molecule has 1 fully saturated rings. The minimum atomic E-state index is -1.66. The van der Waals surface area contributed by atoms with Gasteiger partial charge >= 0.3 is 0 Å². The second-order valence-electron chi connectivity index (χ2n) is 3.73. The third kappa shape index (κ3) is 1.61. The van der Waals surface area contributed by atoms with Crippen LogP contribution in [0.5, 0.6) is 5.75 Å². The first kappa shape index (κ1) is 9.49. The molecule has 76 valence electrons. The fourth-order valence-corrected chi connectivity index (χ4v) is 1.56. The molecule has 2 N–H and O–H groups in total. The van der Waals surface area contributed by atoms with Crippen molar-refractivity contribution < 1.29 is 14.9 Å². The Morgan fingerprint density at radius 3 is 2.21 bits per heavy atom. The van der Waals surface area contributed by atoms with Gasteiger partial charge in [-0.25, -0.2) is 0 Å². The van der Waals surface area contributed by atoms with Crippen molar-refractivity contribution in [3.8, 4) is 5.75 Å². The maximum atomic E-state index is 9.80. The summed E-state index contributed by atoms with van der Waals surface area (Å²) in [4.78, 5) is 0. The zero-order valence-electron chi connectivity index (χ0n) is 8.10. The van der Waals surface area contributed by atoms with Gasteiger partial charge < -0.3 is 14.9 Å². The summed E-state index contributed by atoms with van der Waals surface area (Å²) in [5, 5.41) is 19.6. The van der Waals surface area contributed by atoms with Crippen LogP contribution in [0, 0.1) is 5.92 Å². The van der Waals surface area contributed by atoms with Crippen molar-refractivity contribution in [2.45, 2.75) is 18.6 Å². The zero-order chi connectivity index (χ0) is 10.2. The Balaban J connectivity index is 2.23. The molecule has 3 nitrogen and oxygen atoms in total. The first-order valence-corrected chi connectivity index (χ1v) is 4.74. The molecule has 0 amide bonds. The van der Waals surface area contributed by atoms with Gasteiger partial charge in [0, 0.05) is 11.5 Å². The Labute approximate surface area is 83.0 Å². The predicted molar refractivity (Wildman–Crippen MR) is 51.8 cm³/mol. The van der Waals surface area contributed by atoms with Gasteiger partial charge in [-0.15, -0.1) is 0 Å². The molecule has 1 saturated carbocycles. The van der Waals surface area contributed by atoms with Gasteiger partial charge in [0.15, 0.2) is 5.79 Å². The Morgan fingerprint density at radius 1 is 1.21 bits per heavy atom. The van der Waals surface area contributed by atoms with E-state index in [0.29, 0.717) is 5.56 Å². The van der Waals surface area contributed by atoms with E-state index in [0.717, 1.165) is 18.6 Å².